The van der Waals surface area contributed by atoms with Crippen molar-refractivity contribution in [3.63, 3.8) is 0 Å². The van der Waals surface area contributed by atoms with Crippen molar-refractivity contribution in [1.29, 1.82) is 5.26 Å². The lowest BCUT2D eigenvalue weighted by molar-refractivity contribution is 0.868. The van der Waals surface area contributed by atoms with Gasteiger partial charge in [-0.05, 0) is 34.4 Å². The molecule has 3 rings (SSSR count). The highest BCUT2D eigenvalue weighted by Gasteiger charge is 2.17. The summed E-state index contributed by atoms with van der Waals surface area (Å²) < 4.78 is 0. The first-order chi connectivity index (χ1) is 8.79. The van der Waals surface area contributed by atoms with Crippen LogP contribution < -0.4 is 5.73 Å². The standard InChI is InChI=1S/C16H12N2/c17-10-11-5-6-13-8-7-12-3-1-2-4-14(12)16(18)15(13)9-11/h1-9,16H,18H2. The summed E-state index contributed by atoms with van der Waals surface area (Å²) in [5.74, 6) is 0. The summed E-state index contributed by atoms with van der Waals surface area (Å²) in [6.45, 7) is 0. The minimum absolute atomic E-state index is 0.181. The summed E-state index contributed by atoms with van der Waals surface area (Å²) in [5.41, 5.74) is 11.3. The van der Waals surface area contributed by atoms with Gasteiger partial charge in [0, 0.05) is 0 Å². The van der Waals surface area contributed by atoms with E-state index in [4.69, 9.17) is 11.0 Å². The van der Waals surface area contributed by atoms with Gasteiger partial charge in [0.1, 0.15) is 0 Å². The van der Waals surface area contributed by atoms with E-state index in [-0.39, 0.29) is 6.04 Å². The Morgan fingerprint density at radius 3 is 2.44 bits per heavy atom. The van der Waals surface area contributed by atoms with Gasteiger partial charge < -0.3 is 5.73 Å². The van der Waals surface area contributed by atoms with Gasteiger partial charge in [0.15, 0.2) is 0 Å². The van der Waals surface area contributed by atoms with E-state index < -0.39 is 0 Å². The molecule has 86 valence electrons. The SMILES string of the molecule is N#Cc1ccc2c(c1)C(N)c1ccccc1C=C2. The number of nitriles is 1. The average Bonchev–Trinajstić information content (AvgIpc) is 2.57. The smallest absolute Gasteiger partial charge is 0.0991 e. The third kappa shape index (κ3) is 1.62. The van der Waals surface area contributed by atoms with E-state index >= 15 is 0 Å². The fourth-order valence-electron chi connectivity index (χ4n) is 2.36. The minimum Gasteiger partial charge on any atom is -0.320 e. The third-order valence-corrected chi connectivity index (χ3v) is 3.32. The summed E-state index contributed by atoms with van der Waals surface area (Å²) in [4.78, 5) is 0. The predicted molar refractivity (Wildman–Crippen MR) is 72.6 cm³/mol. The number of fused-ring (bicyclic) bond motifs is 2. The van der Waals surface area contributed by atoms with E-state index in [1.54, 1.807) is 0 Å². The number of rotatable bonds is 0. The van der Waals surface area contributed by atoms with Gasteiger partial charge in [0.05, 0.1) is 17.7 Å². The molecule has 2 nitrogen and oxygen atoms in total. The van der Waals surface area contributed by atoms with Crippen molar-refractivity contribution < 1.29 is 0 Å². The fourth-order valence-corrected chi connectivity index (χ4v) is 2.36. The van der Waals surface area contributed by atoms with Crippen LogP contribution in [0.1, 0.15) is 33.9 Å². The lowest BCUT2D eigenvalue weighted by Crippen LogP contribution is -2.13. The van der Waals surface area contributed by atoms with Crippen molar-refractivity contribution in [1.82, 2.24) is 0 Å². The van der Waals surface area contributed by atoms with Crippen LogP contribution in [0.5, 0.6) is 0 Å². The third-order valence-electron chi connectivity index (χ3n) is 3.32. The van der Waals surface area contributed by atoms with Crippen molar-refractivity contribution >= 4 is 12.2 Å². The molecule has 0 saturated carbocycles. The molecule has 0 fully saturated rings. The molecule has 2 N–H and O–H groups in total. The van der Waals surface area contributed by atoms with Gasteiger partial charge in [-0.2, -0.15) is 5.26 Å². The number of benzene rings is 2. The summed E-state index contributed by atoms with van der Waals surface area (Å²) in [6.07, 6.45) is 4.13. The van der Waals surface area contributed by atoms with Gasteiger partial charge in [-0.15, -0.1) is 0 Å². The summed E-state index contributed by atoms with van der Waals surface area (Å²) in [5, 5.41) is 8.98. The van der Waals surface area contributed by atoms with Gasteiger partial charge in [-0.25, -0.2) is 0 Å². The number of nitrogens with two attached hydrogens (primary N) is 1. The lowest BCUT2D eigenvalue weighted by atomic mass is 9.94. The Kier molecular flexibility index (Phi) is 2.47. The van der Waals surface area contributed by atoms with E-state index in [0.29, 0.717) is 5.56 Å². The molecule has 1 aliphatic rings. The Morgan fingerprint density at radius 1 is 0.944 bits per heavy atom. The number of nitrogens with zero attached hydrogens (tertiary/aromatic N) is 1. The van der Waals surface area contributed by atoms with Gasteiger partial charge >= 0.3 is 0 Å². The van der Waals surface area contributed by atoms with Crippen molar-refractivity contribution in [3.05, 3.63) is 70.3 Å². The molecule has 0 saturated heterocycles. The Balaban J connectivity index is 2.24. The van der Waals surface area contributed by atoms with Crippen molar-refractivity contribution in [2.75, 3.05) is 0 Å². The molecule has 0 aliphatic heterocycles. The largest absolute Gasteiger partial charge is 0.320 e. The van der Waals surface area contributed by atoms with E-state index in [0.717, 1.165) is 22.3 Å². The monoisotopic (exact) mass is 232 g/mol. The van der Waals surface area contributed by atoms with Crippen molar-refractivity contribution in [2.24, 2.45) is 5.73 Å². The highest BCUT2D eigenvalue weighted by atomic mass is 14.6. The average molecular weight is 232 g/mol. The second-order valence-electron chi connectivity index (χ2n) is 4.40. The topological polar surface area (TPSA) is 49.8 Å². The Morgan fingerprint density at radius 2 is 1.67 bits per heavy atom. The highest BCUT2D eigenvalue weighted by molar-refractivity contribution is 5.76. The first kappa shape index (κ1) is 10.8. The molecule has 18 heavy (non-hydrogen) atoms. The molecule has 0 aromatic heterocycles. The van der Waals surface area contributed by atoms with Crippen LogP contribution in [0.3, 0.4) is 0 Å². The molecule has 0 heterocycles. The summed E-state index contributed by atoms with van der Waals surface area (Å²) in [7, 11) is 0. The zero-order valence-electron chi connectivity index (χ0n) is 9.80. The Hall–Kier alpha value is -2.37. The van der Waals surface area contributed by atoms with Gasteiger partial charge in [0.2, 0.25) is 0 Å². The van der Waals surface area contributed by atoms with Gasteiger partial charge in [0.25, 0.3) is 0 Å². The molecule has 2 aromatic carbocycles. The quantitative estimate of drug-likeness (QED) is 0.758. The van der Waals surface area contributed by atoms with Crippen LogP contribution in [0.2, 0.25) is 0 Å². The van der Waals surface area contributed by atoms with E-state index in [1.807, 2.05) is 36.4 Å². The second kappa shape index (κ2) is 4.14. The zero-order valence-corrected chi connectivity index (χ0v) is 9.80. The second-order valence-corrected chi connectivity index (χ2v) is 4.40. The zero-order chi connectivity index (χ0) is 12.5. The lowest BCUT2D eigenvalue weighted by Gasteiger charge is -2.15. The molecule has 1 aliphatic carbocycles. The molecule has 2 aromatic rings. The van der Waals surface area contributed by atoms with Crippen LogP contribution in [0.15, 0.2) is 42.5 Å². The van der Waals surface area contributed by atoms with Crippen molar-refractivity contribution in [3.8, 4) is 6.07 Å². The molecule has 0 amide bonds. The van der Waals surface area contributed by atoms with Crippen LogP contribution in [-0.4, -0.2) is 0 Å². The Labute approximate surface area is 106 Å². The molecule has 0 spiro atoms. The summed E-state index contributed by atoms with van der Waals surface area (Å²) in [6, 6.07) is 15.7. The molecule has 2 heteroatoms. The maximum absolute atomic E-state index is 8.98. The maximum Gasteiger partial charge on any atom is 0.0991 e. The van der Waals surface area contributed by atoms with Gasteiger partial charge in [-0.1, -0.05) is 42.5 Å². The van der Waals surface area contributed by atoms with E-state index in [9.17, 15) is 0 Å². The molecule has 0 bridgehead atoms. The first-order valence-corrected chi connectivity index (χ1v) is 5.86. The number of hydrogen-bond donors (Lipinski definition) is 1. The van der Waals surface area contributed by atoms with Crippen molar-refractivity contribution in [2.45, 2.75) is 6.04 Å². The summed E-state index contributed by atoms with van der Waals surface area (Å²) >= 11 is 0. The Bertz CT molecular complexity index is 678. The predicted octanol–water partition coefficient (Wildman–Crippen LogP) is 3.09. The highest BCUT2D eigenvalue weighted by Crippen LogP contribution is 2.31. The minimum atomic E-state index is -0.181. The first-order valence-electron chi connectivity index (χ1n) is 5.86. The number of hydrogen-bond acceptors (Lipinski definition) is 2. The fraction of sp³-hybridized carbons (Fsp3) is 0.0625. The van der Waals surface area contributed by atoms with Crippen LogP contribution in [-0.2, 0) is 0 Å². The molecule has 1 unspecified atom stereocenters. The molecular formula is C16H12N2. The van der Waals surface area contributed by atoms with E-state index in [2.05, 4.69) is 24.3 Å². The normalized spacial score (nSPS) is 16.3. The van der Waals surface area contributed by atoms with Gasteiger partial charge in [-0.3, -0.25) is 0 Å². The maximum atomic E-state index is 8.98. The van der Waals surface area contributed by atoms with E-state index in [1.165, 1.54) is 0 Å². The molecular weight excluding hydrogens is 220 g/mol. The molecule has 1 atom stereocenters. The van der Waals surface area contributed by atoms with Crippen LogP contribution in [0.25, 0.3) is 12.2 Å². The van der Waals surface area contributed by atoms with Crippen LogP contribution >= 0.6 is 0 Å². The van der Waals surface area contributed by atoms with Crippen LogP contribution in [0.4, 0.5) is 0 Å². The van der Waals surface area contributed by atoms with Crippen LogP contribution in [0, 0.1) is 11.3 Å². The molecule has 0 radical (unpaired) electrons.